The number of carbonyl (C=O) groups is 2. The minimum atomic E-state index is -1.34. The Balaban J connectivity index is 0.000000357. The molecule has 0 spiro atoms. The number of amides is 2. The second kappa shape index (κ2) is 12.6. The van der Waals surface area contributed by atoms with Crippen LogP contribution in [0.15, 0.2) is 65.1 Å². The lowest BCUT2D eigenvalue weighted by atomic mass is 10.1. The number of aliphatic hydroxyl groups excluding tert-OH is 1. The van der Waals surface area contributed by atoms with Gasteiger partial charge in [-0.25, -0.2) is 18.7 Å². The second-order valence-corrected chi connectivity index (χ2v) is 7.18. The van der Waals surface area contributed by atoms with Crippen molar-refractivity contribution in [3.8, 4) is 0 Å². The zero-order valence-electron chi connectivity index (χ0n) is 16.9. The quantitative estimate of drug-likeness (QED) is 0.274. The molecule has 0 radical (unpaired) electrons. The number of nitrogens with two attached hydrogens (primary N) is 1. The number of anilines is 2. The third-order valence-corrected chi connectivity index (χ3v) is 4.44. The Bertz CT molecular complexity index is 1120. The molecule has 33 heavy (non-hydrogen) atoms. The summed E-state index contributed by atoms with van der Waals surface area (Å²) in [6.07, 6.45) is 0. The van der Waals surface area contributed by atoms with E-state index in [4.69, 9.17) is 10.8 Å². The van der Waals surface area contributed by atoms with E-state index in [1.165, 1.54) is 12.1 Å². The van der Waals surface area contributed by atoms with E-state index in [1.807, 2.05) is 11.5 Å². The van der Waals surface area contributed by atoms with E-state index in [0.29, 0.717) is 10.0 Å². The highest BCUT2D eigenvalue weighted by molar-refractivity contribution is 9.10. The van der Waals surface area contributed by atoms with Crippen LogP contribution in [0.2, 0.25) is 0 Å². The molecule has 0 fully saturated rings. The molecule has 3 aromatic rings. The number of nitrogens with one attached hydrogen (secondary N) is 2. The Hall–Kier alpha value is -3.41. The lowest BCUT2D eigenvalue weighted by molar-refractivity contribution is 0.0168. The van der Waals surface area contributed by atoms with Crippen LogP contribution in [0, 0.1) is 17.5 Å². The van der Waals surface area contributed by atoms with Crippen LogP contribution in [0.4, 0.5) is 24.5 Å². The van der Waals surface area contributed by atoms with E-state index in [-0.39, 0.29) is 30.4 Å². The summed E-state index contributed by atoms with van der Waals surface area (Å²) < 4.78 is 41.9. The van der Waals surface area contributed by atoms with Crippen LogP contribution in [0.25, 0.3) is 0 Å². The van der Waals surface area contributed by atoms with E-state index >= 15 is 0 Å². The number of aliphatic hydroxyl groups is 1. The van der Waals surface area contributed by atoms with Crippen molar-refractivity contribution in [3.05, 3.63) is 93.7 Å². The maximum Gasteiger partial charge on any atom is 0.277 e. The fraction of sp³-hybridized carbons (Fsp3) is 0.0909. The second-order valence-electron chi connectivity index (χ2n) is 6.27. The molecule has 11 heteroatoms. The first-order valence-corrected chi connectivity index (χ1v) is 10.1. The smallest absolute Gasteiger partial charge is 0.277 e. The molecule has 5 N–H and O–H groups in total. The summed E-state index contributed by atoms with van der Waals surface area (Å²) in [4.78, 5) is 27.0. The number of benzene rings is 3. The molecule has 0 unspecified atom stereocenters. The third-order valence-electron chi connectivity index (χ3n) is 3.95. The molecule has 3 aromatic carbocycles. The largest absolute Gasteiger partial charge is 0.394 e. The van der Waals surface area contributed by atoms with Gasteiger partial charge >= 0.3 is 0 Å². The number of primary amides is 1. The summed E-state index contributed by atoms with van der Waals surface area (Å²) in [5.74, 6) is -4.54. The number of hydrogen-bond acceptors (Lipinski definition) is 5. The average molecular weight is 526 g/mol. The SMILES string of the molecule is NC(=O)c1ccccc1.O=C(NOCCO)c1ccc(F)c(F)c1Nc1ccc(Br)cc1F. The summed E-state index contributed by atoms with van der Waals surface area (Å²) in [5, 5.41) is 11.0. The summed E-state index contributed by atoms with van der Waals surface area (Å²) in [5.41, 5.74) is 6.51. The molecule has 0 aromatic heterocycles. The van der Waals surface area contributed by atoms with Gasteiger partial charge in [-0.15, -0.1) is 0 Å². The number of halogens is 4. The van der Waals surface area contributed by atoms with Gasteiger partial charge in [0.05, 0.1) is 30.2 Å². The van der Waals surface area contributed by atoms with Crippen LogP contribution in [-0.2, 0) is 4.84 Å². The van der Waals surface area contributed by atoms with Crippen LogP contribution in [0.3, 0.4) is 0 Å². The van der Waals surface area contributed by atoms with Crippen molar-refractivity contribution >= 4 is 39.1 Å². The highest BCUT2D eigenvalue weighted by Gasteiger charge is 2.20. The van der Waals surface area contributed by atoms with Gasteiger partial charge in [-0.1, -0.05) is 34.1 Å². The average Bonchev–Trinajstić information content (AvgIpc) is 2.79. The molecule has 2 amide bonds. The lowest BCUT2D eigenvalue weighted by Crippen LogP contribution is -2.26. The van der Waals surface area contributed by atoms with Crippen molar-refractivity contribution in [1.29, 1.82) is 0 Å². The maximum atomic E-state index is 14.1. The standard InChI is InChI=1S/C15H12BrF3N2O3.C7H7NO/c16-8-1-4-12(11(18)7-8)20-14-9(2-3-10(17)13(14)19)15(23)21-24-6-5-22;8-7(9)6-4-2-1-3-5-6/h1-4,7,20,22H,5-6H2,(H,21,23);1-5H,(H2,8,9). The van der Waals surface area contributed by atoms with Crippen molar-refractivity contribution in [1.82, 2.24) is 5.48 Å². The monoisotopic (exact) mass is 525 g/mol. The van der Waals surface area contributed by atoms with Gasteiger partial charge < -0.3 is 16.2 Å². The maximum absolute atomic E-state index is 14.1. The van der Waals surface area contributed by atoms with Crippen LogP contribution in [0.1, 0.15) is 20.7 Å². The number of carbonyl (C=O) groups excluding carboxylic acids is 2. The van der Waals surface area contributed by atoms with Crippen LogP contribution in [0.5, 0.6) is 0 Å². The molecule has 3 rings (SSSR count). The number of hydrogen-bond donors (Lipinski definition) is 4. The van der Waals surface area contributed by atoms with E-state index < -0.39 is 29.0 Å². The fourth-order valence-electron chi connectivity index (χ4n) is 2.41. The summed E-state index contributed by atoms with van der Waals surface area (Å²) in [6, 6.07) is 14.5. The Morgan fingerprint density at radius 2 is 1.70 bits per heavy atom. The molecule has 0 atom stereocenters. The first-order chi connectivity index (χ1) is 15.7. The zero-order valence-corrected chi connectivity index (χ0v) is 18.5. The summed E-state index contributed by atoms with van der Waals surface area (Å²) in [6.45, 7) is -0.521. The van der Waals surface area contributed by atoms with E-state index in [1.54, 1.807) is 24.3 Å². The van der Waals surface area contributed by atoms with Crippen molar-refractivity contribution < 1.29 is 32.7 Å². The normalized spacial score (nSPS) is 10.1. The summed E-state index contributed by atoms with van der Waals surface area (Å²) >= 11 is 3.08. The third kappa shape index (κ3) is 7.59. The van der Waals surface area contributed by atoms with Crippen LogP contribution in [-0.4, -0.2) is 30.1 Å². The van der Waals surface area contributed by atoms with Gasteiger partial charge in [-0.3, -0.25) is 14.4 Å². The molecule has 0 aliphatic heterocycles. The minimum Gasteiger partial charge on any atom is -0.394 e. The molecule has 0 saturated carbocycles. The number of rotatable bonds is 7. The summed E-state index contributed by atoms with van der Waals surface area (Å²) in [7, 11) is 0. The highest BCUT2D eigenvalue weighted by atomic mass is 79.9. The fourth-order valence-corrected chi connectivity index (χ4v) is 2.74. The number of hydroxylamine groups is 1. The van der Waals surface area contributed by atoms with Crippen LogP contribution >= 0.6 is 15.9 Å². The Morgan fingerprint density at radius 1 is 1.00 bits per heavy atom. The molecule has 0 aliphatic rings. The van der Waals surface area contributed by atoms with E-state index in [0.717, 1.165) is 18.2 Å². The van der Waals surface area contributed by atoms with Gasteiger partial charge in [0.25, 0.3) is 5.91 Å². The highest BCUT2D eigenvalue weighted by Crippen LogP contribution is 2.29. The Kier molecular flexibility index (Phi) is 9.85. The molecule has 0 heterocycles. The van der Waals surface area contributed by atoms with Gasteiger partial charge in [0, 0.05) is 10.0 Å². The molecule has 0 bridgehead atoms. The topological polar surface area (TPSA) is 114 Å². The molecule has 0 saturated heterocycles. The van der Waals surface area contributed by atoms with Crippen LogP contribution < -0.4 is 16.5 Å². The zero-order chi connectivity index (χ0) is 24.4. The first kappa shape index (κ1) is 25.8. The van der Waals surface area contributed by atoms with Gasteiger partial charge in [0.15, 0.2) is 11.6 Å². The molecule has 174 valence electrons. The van der Waals surface area contributed by atoms with Gasteiger partial charge in [0.1, 0.15) is 5.82 Å². The van der Waals surface area contributed by atoms with Gasteiger partial charge in [-0.2, -0.15) is 0 Å². The molecular formula is C22H19BrF3N3O4. The van der Waals surface area contributed by atoms with Gasteiger partial charge in [-0.05, 0) is 42.5 Å². The minimum absolute atomic E-state index is 0.145. The molecule has 7 nitrogen and oxygen atoms in total. The predicted molar refractivity (Wildman–Crippen MR) is 119 cm³/mol. The van der Waals surface area contributed by atoms with Crippen molar-refractivity contribution in [2.45, 2.75) is 0 Å². The van der Waals surface area contributed by atoms with Crippen molar-refractivity contribution in [3.63, 3.8) is 0 Å². The Morgan fingerprint density at radius 3 is 2.27 bits per heavy atom. The molecule has 0 aliphatic carbocycles. The lowest BCUT2D eigenvalue weighted by Gasteiger charge is -2.14. The Labute approximate surface area is 195 Å². The van der Waals surface area contributed by atoms with Crippen molar-refractivity contribution in [2.24, 2.45) is 5.73 Å². The predicted octanol–water partition coefficient (Wildman–Crippen LogP) is 4.05. The van der Waals surface area contributed by atoms with E-state index in [9.17, 15) is 22.8 Å². The molecular weight excluding hydrogens is 507 g/mol. The van der Waals surface area contributed by atoms with Crippen molar-refractivity contribution in [2.75, 3.05) is 18.5 Å². The van der Waals surface area contributed by atoms with Gasteiger partial charge in [0.2, 0.25) is 5.91 Å². The first-order valence-electron chi connectivity index (χ1n) is 9.32. The van der Waals surface area contributed by atoms with E-state index in [2.05, 4.69) is 26.1 Å².